The fourth-order valence-corrected chi connectivity index (χ4v) is 3.76. The first-order valence-corrected chi connectivity index (χ1v) is 8.39. The molecular formula is C17H27ClN2O. The predicted molar refractivity (Wildman–Crippen MR) is 88.5 cm³/mol. The summed E-state index contributed by atoms with van der Waals surface area (Å²) in [6, 6.07) is 8.58. The molecule has 0 heterocycles. The summed E-state index contributed by atoms with van der Waals surface area (Å²) in [6.07, 6.45) is 6.26. The molecular weight excluding hydrogens is 284 g/mol. The first-order chi connectivity index (χ1) is 10.1. The number of rotatable bonds is 6. The van der Waals surface area contributed by atoms with Gasteiger partial charge in [0.2, 0.25) is 0 Å². The van der Waals surface area contributed by atoms with Crippen molar-refractivity contribution >= 4 is 11.6 Å². The SMILES string of the molecule is CC(N)C(c1cccc(Cl)c1)N(CCO)C1CCCCC1. The van der Waals surface area contributed by atoms with E-state index < -0.39 is 0 Å². The van der Waals surface area contributed by atoms with Crippen LogP contribution in [-0.2, 0) is 0 Å². The molecule has 2 rings (SSSR count). The third-order valence-corrected chi connectivity index (χ3v) is 4.68. The Morgan fingerprint density at radius 3 is 2.62 bits per heavy atom. The summed E-state index contributed by atoms with van der Waals surface area (Å²) < 4.78 is 0. The zero-order chi connectivity index (χ0) is 15.2. The standard InChI is InChI=1S/C17H27ClN2O/c1-13(19)17(14-6-5-7-15(18)12-14)20(10-11-21)16-8-3-2-4-9-16/h5-7,12-13,16-17,21H,2-4,8-11,19H2,1H3. The van der Waals surface area contributed by atoms with Crippen LogP contribution in [0.5, 0.6) is 0 Å². The fraction of sp³-hybridized carbons (Fsp3) is 0.647. The van der Waals surface area contributed by atoms with E-state index in [4.69, 9.17) is 17.3 Å². The molecule has 1 aromatic rings. The van der Waals surface area contributed by atoms with Crippen molar-refractivity contribution in [1.82, 2.24) is 4.90 Å². The lowest BCUT2D eigenvalue weighted by atomic mass is 9.90. The molecule has 1 saturated carbocycles. The molecule has 0 aliphatic heterocycles. The van der Waals surface area contributed by atoms with Gasteiger partial charge in [-0.25, -0.2) is 0 Å². The Labute approximate surface area is 133 Å². The predicted octanol–water partition coefficient (Wildman–Crippen LogP) is 3.36. The highest BCUT2D eigenvalue weighted by molar-refractivity contribution is 6.30. The molecule has 21 heavy (non-hydrogen) atoms. The topological polar surface area (TPSA) is 49.5 Å². The van der Waals surface area contributed by atoms with Crippen molar-refractivity contribution in [2.75, 3.05) is 13.2 Å². The van der Waals surface area contributed by atoms with Crippen LogP contribution in [0, 0.1) is 0 Å². The molecule has 3 nitrogen and oxygen atoms in total. The van der Waals surface area contributed by atoms with E-state index in [9.17, 15) is 5.11 Å². The maximum absolute atomic E-state index is 9.49. The van der Waals surface area contributed by atoms with E-state index >= 15 is 0 Å². The maximum Gasteiger partial charge on any atom is 0.0558 e. The van der Waals surface area contributed by atoms with Crippen LogP contribution in [0.25, 0.3) is 0 Å². The molecule has 0 aromatic heterocycles. The molecule has 1 aliphatic carbocycles. The maximum atomic E-state index is 9.49. The molecule has 1 aliphatic rings. The van der Waals surface area contributed by atoms with Crippen LogP contribution in [0.15, 0.2) is 24.3 Å². The Kier molecular flexibility index (Phi) is 6.49. The first kappa shape index (κ1) is 16.8. The Bertz CT molecular complexity index is 433. The smallest absolute Gasteiger partial charge is 0.0558 e. The van der Waals surface area contributed by atoms with Crippen molar-refractivity contribution in [3.05, 3.63) is 34.9 Å². The van der Waals surface area contributed by atoms with Gasteiger partial charge < -0.3 is 10.8 Å². The van der Waals surface area contributed by atoms with E-state index in [1.807, 2.05) is 25.1 Å². The average Bonchev–Trinajstić information content (AvgIpc) is 2.47. The quantitative estimate of drug-likeness (QED) is 0.847. The van der Waals surface area contributed by atoms with E-state index in [-0.39, 0.29) is 18.7 Å². The third kappa shape index (κ3) is 4.43. The van der Waals surface area contributed by atoms with E-state index in [2.05, 4.69) is 11.0 Å². The molecule has 0 spiro atoms. The van der Waals surface area contributed by atoms with Gasteiger partial charge in [-0.05, 0) is 37.5 Å². The number of nitrogens with two attached hydrogens (primary N) is 1. The highest BCUT2D eigenvalue weighted by Gasteiger charge is 2.30. The van der Waals surface area contributed by atoms with Crippen molar-refractivity contribution in [3.8, 4) is 0 Å². The largest absolute Gasteiger partial charge is 0.395 e. The summed E-state index contributed by atoms with van der Waals surface area (Å²) in [5, 5.41) is 10.2. The van der Waals surface area contributed by atoms with Crippen LogP contribution >= 0.6 is 11.6 Å². The van der Waals surface area contributed by atoms with Gasteiger partial charge in [-0.15, -0.1) is 0 Å². The number of aliphatic hydroxyl groups is 1. The average molecular weight is 311 g/mol. The molecule has 2 atom stereocenters. The number of nitrogens with zero attached hydrogens (tertiary/aromatic N) is 1. The van der Waals surface area contributed by atoms with Gasteiger partial charge in [0, 0.05) is 23.7 Å². The van der Waals surface area contributed by atoms with E-state index in [1.165, 1.54) is 32.1 Å². The van der Waals surface area contributed by atoms with Gasteiger partial charge >= 0.3 is 0 Å². The summed E-state index contributed by atoms with van der Waals surface area (Å²) in [5.41, 5.74) is 7.44. The lowest BCUT2D eigenvalue weighted by Gasteiger charge is -2.41. The Hall–Kier alpha value is -0.610. The minimum atomic E-state index is -0.00283. The lowest BCUT2D eigenvalue weighted by Crippen LogP contribution is -2.47. The number of hydrogen-bond acceptors (Lipinski definition) is 3. The summed E-state index contributed by atoms with van der Waals surface area (Å²) in [7, 11) is 0. The summed E-state index contributed by atoms with van der Waals surface area (Å²) >= 11 is 6.15. The minimum Gasteiger partial charge on any atom is -0.395 e. The first-order valence-electron chi connectivity index (χ1n) is 8.01. The van der Waals surface area contributed by atoms with Crippen molar-refractivity contribution < 1.29 is 5.11 Å². The van der Waals surface area contributed by atoms with E-state index in [0.717, 1.165) is 10.6 Å². The van der Waals surface area contributed by atoms with Crippen molar-refractivity contribution in [2.24, 2.45) is 5.73 Å². The molecule has 4 heteroatoms. The summed E-state index contributed by atoms with van der Waals surface area (Å²) in [5.74, 6) is 0. The van der Waals surface area contributed by atoms with Crippen molar-refractivity contribution in [1.29, 1.82) is 0 Å². The molecule has 0 radical (unpaired) electrons. The van der Waals surface area contributed by atoms with Gasteiger partial charge in [0.25, 0.3) is 0 Å². The molecule has 3 N–H and O–H groups in total. The number of hydrogen-bond donors (Lipinski definition) is 2. The molecule has 0 amide bonds. The van der Waals surface area contributed by atoms with Crippen LogP contribution in [0.4, 0.5) is 0 Å². The van der Waals surface area contributed by atoms with Gasteiger partial charge in [-0.1, -0.05) is 43.0 Å². The lowest BCUT2D eigenvalue weighted by molar-refractivity contribution is 0.0700. The number of aliphatic hydroxyl groups excluding tert-OH is 1. The zero-order valence-electron chi connectivity index (χ0n) is 12.8. The zero-order valence-corrected chi connectivity index (χ0v) is 13.6. The summed E-state index contributed by atoms with van der Waals surface area (Å²) in [6.45, 7) is 2.88. The Morgan fingerprint density at radius 2 is 2.05 bits per heavy atom. The number of halogens is 1. The van der Waals surface area contributed by atoms with Crippen molar-refractivity contribution in [2.45, 2.75) is 57.2 Å². The monoisotopic (exact) mass is 310 g/mol. The second-order valence-electron chi connectivity index (χ2n) is 6.11. The van der Waals surface area contributed by atoms with Crippen LogP contribution in [0.3, 0.4) is 0 Å². The minimum absolute atomic E-state index is 0.00283. The molecule has 0 saturated heterocycles. The highest BCUT2D eigenvalue weighted by atomic mass is 35.5. The Balaban J connectivity index is 2.27. The molecule has 1 fully saturated rings. The second-order valence-corrected chi connectivity index (χ2v) is 6.55. The third-order valence-electron chi connectivity index (χ3n) is 4.45. The van der Waals surface area contributed by atoms with Gasteiger partial charge in [-0.2, -0.15) is 0 Å². The molecule has 0 bridgehead atoms. The molecule has 2 unspecified atom stereocenters. The van der Waals surface area contributed by atoms with Crippen LogP contribution in [0.1, 0.15) is 50.6 Å². The van der Waals surface area contributed by atoms with Crippen molar-refractivity contribution in [3.63, 3.8) is 0 Å². The van der Waals surface area contributed by atoms with Gasteiger partial charge in [0.05, 0.1) is 12.6 Å². The van der Waals surface area contributed by atoms with Gasteiger partial charge in [0.15, 0.2) is 0 Å². The van der Waals surface area contributed by atoms with E-state index in [1.54, 1.807) is 0 Å². The Morgan fingerprint density at radius 1 is 1.33 bits per heavy atom. The van der Waals surface area contributed by atoms with Crippen LogP contribution in [0.2, 0.25) is 5.02 Å². The highest BCUT2D eigenvalue weighted by Crippen LogP contribution is 2.32. The molecule has 1 aromatic carbocycles. The van der Waals surface area contributed by atoms with Crippen LogP contribution in [-0.4, -0.2) is 35.2 Å². The van der Waals surface area contributed by atoms with Crippen LogP contribution < -0.4 is 5.73 Å². The molecule has 118 valence electrons. The normalized spacial score (nSPS) is 19.7. The fourth-order valence-electron chi connectivity index (χ4n) is 3.56. The summed E-state index contributed by atoms with van der Waals surface area (Å²) in [4.78, 5) is 2.40. The number of benzene rings is 1. The van der Waals surface area contributed by atoms with E-state index in [0.29, 0.717) is 12.6 Å². The van der Waals surface area contributed by atoms with Gasteiger partial charge in [0.1, 0.15) is 0 Å². The van der Waals surface area contributed by atoms with Gasteiger partial charge in [-0.3, -0.25) is 4.90 Å². The second kappa shape index (κ2) is 8.14.